The summed E-state index contributed by atoms with van der Waals surface area (Å²) >= 11 is 0. The number of rotatable bonds is 9. The number of benzene rings is 4. The van der Waals surface area contributed by atoms with Gasteiger partial charge in [0.05, 0.1) is 5.41 Å². The molecule has 0 N–H and O–H groups in total. The minimum absolute atomic E-state index is 0.0973. The van der Waals surface area contributed by atoms with Crippen molar-refractivity contribution < 1.29 is 14.3 Å². The number of ketones is 1. The first-order chi connectivity index (χ1) is 21.2. The first-order valence-corrected chi connectivity index (χ1v) is 16.1. The second-order valence-corrected chi connectivity index (χ2v) is 12.9. The molecule has 0 amide bonds. The quantitative estimate of drug-likeness (QED) is 0.0988. The highest BCUT2D eigenvalue weighted by Crippen LogP contribution is 2.57. The molecule has 4 aromatic rings. The summed E-state index contributed by atoms with van der Waals surface area (Å²) in [6.07, 6.45) is 3.55. The third kappa shape index (κ3) is 4.74. The number of hydrogen-bond donors (Lipinski definition) is 0. The molecule has 3 heteroatoms. The maximum Gasteiger partial charge on any atom is 0.338 e. The summed E-state index contributed by atoms with van der Waals surface area (Å²) in [7, 11) is 0. The van der Waals surface area contributed by atoms with Gasteiger partial charge in [-0.1, -0.05) is 113 Å². The van der Waals surface area contributed by atoms with Crippen molar-refractivity contribution in [2.75, 3.05) is 0 Å². The summed E-state index contributed by atoms with van der Waals surface area (Å²) in [5.74, 6) is 1.29. The highest BCUT2D eigenvalue weighted by molar-refractivity contribution is 5.89. The molecule has 44 heavy (non-hydrogen) atoms. The number of esters is 1. The van der Waals surface area contributed by atoms with Gasteiger partial charge in [-0.15, -0.1) is 0 Å². The Morgan fingerprint density at radius 3 is 1.91 bits per heavy atom. The van der Waals surface area contributed by atoms with Gasteiger partial charge in [-0.05, 0) is 94.7 Å². The number of ether oxygens (including phenoxy) is 1. The molecular weight excluding hydrogens is 540 g/mol. The molecule has 3 nitrogen and oxygen atoms in total. The van der Waals surface area contributed by atoms with E-state index in [-0.39, 0.29) is 11.8 Å². The highest BCUT2D eigenvalue weighted by Gasteiger charge is 2.46. The van der Waals surface area contributed by atoms with Gasteiger partial charge in [0.1, 0.15) is 11.5 Å². The first kappa shape index (κ1) is 29.8. The first-order valence-electron chi connectivity index (χ1n) is 16.1. The summed E-state index contributed by atoms with van der Waals surface area (Å²) in [5.41, 5.74) is 11.0. The summed E-state index contributed by atoms with van der Waals surface area (Å²) < 4.78 is 5.77. The van der Waals surface area contributed by atoms with Gasteiger partial charge in [-0.25, -0.2) is 4.79 Å². The van der Waals surface area contributed by atoms with Crippen LogP contribution in [0.4, 0.5) is 0 Å². The summed E-state index contributed by atoms with van der Waals surface area (Å²) in [6, 6.07) is 30.9. The van der Waals surface area contributed by atoms with Gasteiger partial charge < -0.3 is 4.74 Å². The average molecular weight is 583 g/mol. The van der Waals surface area contributed by atoms with E-state index in [1.165, 1.54) is 38.9 Å². The van der Waals surface area contributed by atoms with E-state index in [0.29, 0.717) is 23.0 Å². The van der Waals surface area contributed by atoms with Crippen LogP contribution in [0.25, 0.3) is 11.1 Å². The highest BCUT2D eigenvalue weighted by atomic mass is 16.5. The SMILES string of the molecule is C=C(C)C(=O)Oc1ccc(C2(c3ccc(C4CC(C(=O)C(C)C)C4)c(CC)c3)c3ccccc3-c3ccccc32)cc1CC. The van der Waals surface area contributed by atoms with Crippen LogP contribution < -0.4 is 4.74 Å². The lowest BCUT2D eigenvalue weighted by atomic mass is 9.64. The molecule has 0 heterocycles. The molecular formula is C41H42O3. The second kappa shape index (κ2) is 11.7. The van der Waals surface area contributed by atoms with E-state index in [9.17, 15) is 9.59 Å². The number of hydrogen-bond acceptors (Lipinski definition) is 3. The zero-order chi connectivity index (χ0) is 31.2. The maximum absolute atomic E-state index is 12.7. The molecule has 0 saturated heterocycles. The van der Waals surface area contributed by atoms with E-state index in [1.807, 2.05) is 19.9 Å². The smallest absolute Gasteiger partial charge is 0.338 e. The van der Waals surface area contributed by atoms with Gasteiger partial charge in [0, 0.05) is 17.4 Å². The van der Waals surface area contributed by atoms with Crippen LogP contribution in [0.5, 0.6) is 5.75 Å². The van der Waals surface area contributed by atoms with Crippen LogP contribution in [0.2, 0.25) is 0 Å². The summed E-state index contributed by atoms with van der Waals surface area (Å²) in [4.78, 5) is 25.1. The molecule has 0 spiro atoms. The Balaban J connectivity index is 1.53. The molecule has 0 aliphatic heterocycles. The van der Waals surface area contributed by atoms with E-state index in [2.05, 4.69) is 99.3 Å². The van der Waals surface area contributed by atoms with Crippen LogP contribution in [-0.4, -0.2) is 11.8 Å². The van der Waals surface area contributed by atoms with Crippen LogP contribution >= 0.6 is 0 Å². The van der Waals surface area contributed by atoms with Gasteiger partial charge in [-0.3, -0.25) is 4.79 Å². The van der Waals surface area contributed by atoms with Crippen LogP contribution in [0.3, 0.4) is 0 Å². The average Bonchev–Trinajstić information content (AvgIpc) is 3.31. The van der Waals surface area contributed by atoms with E-state index in [4.69, 9.17) is 4.74 Å². The number of carbonyl (C=O) groups excluding carboxylic acids is 2. The van der Waals surface area contributed by atoms with E-state index >= 15 is 0 Å². The minimum Gasteiger partial charge on any atom is -0.423 e. The Hall–Kier alpha value is -4.24. The summed E-state index contributed by atoms with van der Waals surface area (Å²) in [6.45, 7) is 13.8. The third-order valence-electron chi connectivity index (χ3n) is 9.88. The molecule has 2 aliphatic rings. The Bertz CT molecular complexity index is 1720. The predicted octanol–water partition coefficient (Wildman–Crippen LogP) is 9.37. The van der Waals surface area contributed by atoms with Crippen LogP contribution in [0.15, 0.2) is 97.1 Å². The molecule has 2 aliphatic carbocycles. The molecule has 1 fully saturated rings. The van der Waals surface area contributed by atoms with Crippen LogP contribution in [-0.2, 0) is 27.8 Å². The van der Waals surface area contributed by atoms with Crippen molar-refractivity contribution in [2.24, 2.45) is 11.8 Å². The maximum atomic E-state index is 12.7. The fourth-order valence-corrected chi connectivity index (χ4v) is 7.52. The Morgan fingerprint density at radius 1 is 0.818 bits per heavy atom. The van der Waals surface area contributed by atoms with Crippen molar-refractivity contribution in [2.45, 2.75) is 71.6 Å². The third-order valence-corrected chi connectivity index (χ3v) is 9.88. The fraction of sp³-hybridized carbons (Fsp3) is 0.317. The molecule has 224 valence electrons. The lowest BCUT2D eigenvalue weighted by Gasteiger charge is -2.38. The van der Waals surface area contributed by atoms with Crippen molar-refractivity contribution in [3.8, 4) is 16.9 Å². The predicted molar refractivity (Wildman–Crippen MR) is 178 cm³/mol. The lowest BCUT2D eigenvalue weighted by Crippen LogP contribution is -2.32. The molecule has 0 aromatic heterocycles. The van der Waals surface area contributed by atoms with E-state index in [1.54, 1.807) is 6.92 Å². The van der Waals surface area contributed by atoms with Crippen molar-refractivity contribution in [3.63, 3.8) is 0 Å². The Kier molecular flexibility index (Phi) is 7.92. The molecule has 0 unspecified atom stereocenters. The van der Waals surface area contributed by atoms with Crippen LogP contribution in [0, 0.1) is 11.8 Å². The lowest BCUT2D eigenvalue weighted by molar-refractivity contribution is -0.130. The zero-order valence-electron chi connectivity index (χ0n) is 26.6. The van der Waals surface area contributed by atoms with E-state index < -0.39 is 11.4 Å². The largest absolute Gasteiger partial charge is 0.423 e. The molecule has 6 rings (SSSR count). The number of Topliss-reactive ketones (excluding diaryl/α,β-unsaturated/α-hetero) is 1. The summed E-state index contributed by atoms with van der Waals surface area (Å²) in [5, 5.41) is 0. The van der Waals surface area contributed by atoms with Crippen molar-refractivity contribution >= 4 is 11.8 Å². The van der Waals surface area contributed by atoms with Crippen LogP contribution in [0.1, 0.15) is 92.3 Å². The van der Waals surface area contributed by atoms with Gasteiger partial charge >= 0.3 is 5.97 Å². The van der Waals surface area contributed by atoms with Gasteiger partial charge in [0.25, 0.3) is 0 Å². The van der Waals surface area contributed by atoms with Gasteiger partial charge in [-0.2, -0.15) is 0 Å². The minimum atomic E-state index is -0.536. The number of aryl methyl sites for hydroxylation is 2. The fourth-order valence-electron chi connectivity index (χ4n) is 7.52. The van der Waals surface area contributed by atoms with Crippen molar-refractivity contribution in [3.05, 3.63) is 136 Å². The zero-order valence-corrected chi connectivity index (χ0v) is 26.6. The van der Waals surface area contributed by atoms with E-state index in [0.717, 1.165) is 36.8 Å². The Labute approximate surface area is 262 Å². The second-order valence-electron chi connectivity index (χ2n) is 12.9. The van der Waals surface area contributed by atoms with Gasteiger partial charge in [0.2, 0.25) is 0 Å². The monoisotopic (exact) mass is 582 g/mol. The molecule has 0 radical (unpaired) electrons. The molecule has 1 saturated carbocycles. The van der Waals surface area contributed by atoms with Gasteiger partial charge in [0.15, 0.2) is 0 Å². The van der Waals surface area contributed by atoms with Crippen molar-refractivity contribution in [1.82, 2.24) is 0 Å². The number of carbonyl (C=O) groups is 2. The molecule has 0 bridgehead atoms. The molecule has 4 aromatic carbocycles. The standard InChI is InChI=1S/C41H42O3/c1-7-27-23-31(17-19-33(27)29-21-30(22-29)39(42)25(3)4)41(32-18-20-38(28(8-2)24-32)44-40(43)26(5)6)36-15-11-9-13-34(36)35-14-10-12-16-37(35)41/h9-20,23-25,29-30H,5,7-8,21-22H2,1-4,6H3. The Morgan fingerprint density at radius 2 is 1.36 bits per heavy atom. The van der Waals surface area contributed by atoms with Crippen molar-refractivity contribution in [1.29, 1.82) is 0 Å². The normalized spacial score (nSPS) is 17.9. The number of fused-ring (bicyclic) bond motifs is 3. The molecule has 0 atom stereocenters. The topological polar surface area (TPSA) is 43.4 Å².